The van der Waals surface area contributed by atoms with E-state index >= 15 is 0 Å². The molecule has 2 aliphatic rings. The lowest BCUT2D eigenvalue weighted by molar-refractivity contribution is -0.131. The van der Waals surface area contributed by atoms with Gasteiger partial charge in [-0.05, 0) is 76.6 Å². The normalized spacial score (nSPS) is 15.2. The standard InChI is InChI=1S/C38H48N6O5/c1-24(45)18-36(47)39-16-6-4-8-34-40-22-30(42-34)26-11-13-32-29(20-26)38(14-15-38)28-12-10-27(21-33(28)49-32)31-23-41-35(43-31)9-5-7-17-44(3)37(48)19-25(2)46/h10-13,20-25,45-46H,4-9,14-19H2,1-3H3,(H,39,47)(H,40,42)(H,41,43). The number of rotatable bonds is 16. The number of aromatic amines is 2. The maximum atomic E-state index is 12.1. The summed E-state index contributed by atoms with van der Waals surface area (Å²) >= 11 is 0. The Hall–Kier alpha value is -4.48. The Labute approximate surface area is 287 Å². The topological polar surface area (TPSA) is 156 Å². The van der Waals surface area contributed by atoms with Gasteiger partial charge in [0.2, 0.25) is 11.8 Å². The van der Waals surface area contributed by atoms with Gasteiger partial charge in [-0.2, -0.15) is 0 Å². The Morgan fingerprint density at radius 1 is 0.857 bits per heavy atom. The number of aliphatic hydroxyl groups is 2. The molecule has 0 saturated heterocycles. The van der Waals surface area contributed by atoms with E-state index in [1.54, 1.807) is 25.8 Å². The number of fused-ring (bicyclic) bond motifs is 4. The number of imidazole rings is 2. The van der Waals surface area contributed by atoms with E-state index in [2.05, 4.69) is 61.7 Å². The summed E-state index contributed by atoms with van der Waals surface area (Å²) in [5.74, 6) is 3.47. The zero-order valence-electron chi connectivity index (χ0n) is 28.7. The van der Waals surface area contributed by atoms with Crippen molar-refractivity contribution in [3.05, 3.63) is 71.6 Å². The highest BCUT2D eigenvalue weighted by Gasteiger charge is 2.51. The van der Waals surface area contributed by atoms with Crippen molar-refractivity contribution in [2.45, 2.75) is 95.7 Å². The second-order valence-corrected chi connectivity index (χ2v) is 13.8. The summed E-state index contributed by atoms with van der Waals surface area (Å²) in [6.07, 6.45) is 10.1. The molecule has 1 aliphatic heterocycles. The van der Waals surface area contributed by atoms with Crippen LogP contribution < -0.4 is 10.1 Å². The molecule has 2 aromatic carbocycles. The summed E-state index contributed by atoms with van der Waals surface area (Å²) < 4.78 is 6.53. The highest BCUT2D eigenvalue weighted by Crippen LogP contribution is 2.62. The number of carbonyl (C=O) groups excluding carboxylic acids is 2. The van der Waals surface area contributed by atoms with Crippen LogP contribution in [0, 0.1) is 0 Å². The maximum Gasteiger partial charge on any atom is 0.224 e. The molecule has 2 aromatic heterocycles. The fourth-order valence-corrected chi connectivity index (χ4v) is 6.69. The van der Waals surface area contributed by atoms with Crippen molar-refractivity contribution >= 4 is 11.8 Å². The largest absolute Gasteiger partial charge is 0.457 e. The van der Waals surface area contributed by atoms with Crippen molar-refractivity contribution < 1.29 is 24.5 Å². The van der Waals surface area contributed by atoms with Gasteiger partial charge >= 0.3 is 0 Å². The quantitative estimate of drug-likeness (QED) is 0.0999. The van der Waals surface area contributed by atoms with Crippen molar-refractivity contribution in [1.82, 2.24) is 30.2 Å². The summed E-state index contributed by atoms with van der Waals surface area (Å²) in [5.41, 5.74) is 6.45. The third-order valence-corrected chi connectivity index (χ3v) is 9.54. The van der Waals surface area contributed by atoms with Crippen molar-refractivity contribution in [2.75, 3.05) is 20.1 Å². The van der Waals surface area contributed by atoms with Crippen LogP contribution in [0.15, 0.2) is 48.8 Å². The van der Waals surface area contributed by atoms with Crippen molar-refractivity contribution in [1.29, 1.82) is 0 Å². The monoisotopic (exact) mass is 668 g/mol. The lowest BCUT2D eigenvalue weighted by Crippen LogP contribution is -2.30. The van der Waals surface area contributed by atoms with Gasteiger partial charge in [0.15, 0.2) is 0 Å². The molecule has 1 aliphatic carbocycles. The molecule has 1 spiro atoms. The molecule has 2 unspecified atom stereocenters. The summed E-state index contributed by atoms with van der Waals surface area (Å²) in [6.45, 7) is 4.49. The summed E-state index contributed by atoms with van der Waals surface area (Å²) in [5, 5.41) is 21.6. The van der Waals surface area contributed by atoms with Crippen LogP contribution in [0.4, 0.5) is 0 Å². The molecular weight excluding hydrogens is 620 g/mol. The van der Waals surface area contributed by atoms with Crippen LogP contribution in [0.1, 0.15) is 88.0 Å². The lowest BCUT2D eigenvalue weighted by atomic mass is 9.83. The minimum atomic E-state index is -0.625. The molecule has 1 saturated carbocycles. The molecule has 1 fully saturated rings. The Balaban J connectivity index is 1.05. The van der Waals surface area contributed by atoms with Crippen molar-refractivity contribution in [2.24, 2.45) is 0 Å². The summed E-state index contributed by atoms with van der Waals surface area (Å²) in [6, 6.07) is 12.9. The van der Waals surface area contributed by atoms with Gasteiger partial charge in [0, 0.05) is 60.6 Å². The molecule has 11 nitrogen and oxygen atoms in total. The fourth-order valence-electron chi connectivity index (χ4n) is 6.69. The van der Waals surface area contributed by atoms with Crippen molar-refractivity contribution in [3.63, 3.8) is 0 Å². The number of ether oxygens (including phenoxy) is 1. The number of nitrogens with one attached hydrogen (secondary N) is 3. The number of carbonyl (C=O) groups is 2. The van der Waals surface area contributed by atoms with E-state index in [0.29, 0.717) is 13.1 Å². The van der Waals surface area contributed by atoms with Gasteiger partial charge in [0.1, 0.15) is 23.1 Å². The molecule has 2 atom stereocenters. The predicted molar refractivity (Wildman–Crippen MR) is 187 cm³/mol. The van der Waals surface area contributed by atoms with Crippen LogP contribution in [-0.4, -0.2) is 79.2 Å². The third kappa shape index (κ3) is 8.22. The molecule has 0 radical (unpaired) electrons. The minimum Gasteiger partial charge on any atom is -0.457 e. The highest BCUT2D eigenvalue weighted by atomic mass is 16.5. The SMILES string of the molecule is CC(O)CC(=O)NCCCCc1ncc(-c2ccc3c(c2)C2(CC2)c2ccc(-c4cnc(CCCCN(C)C(=O)CC(C)O)[nH]4)cc2O3)[nH]1. The smallest absolute Gasteiger partial charge is 0.224 e. The number of unbranched alkanes of at least 4 members (excludes halogenated alkanes) is 2. The number of nitrogens with zero attached hydrogens (tertiary/aromatic N) is 3. The summed E-state index contributed by atoms with van der Waals surface area (Å²) in [4.78, 5) is 41.6. The second-order valence-electron chi connectivity index (χ2n) is 13.8. The fraction of sp³-hybridized carbons (Fsp3) is 0.474. The van der Waals surface area contributed by atoms with Crippen LogP contribution in [0.2, 0.25) is 0 Å². The molecule has 6 rings (SSSR count). The van der Waals surface area contributed by atoms with E-state index < -0.39 is 12.2 Å². The zero-order chi connectivity index (χ0) is 34.5. The first-order valence-electron chi connectivity index (χ1n) is 17.5. The average Bonchev–Trinajstić information content (AvgIpc) is 3.45. The molecule has 260 valence electrons. The van der Waals surface area contributed by atoms with Gasteiger partial charge in [-0.1, -0.05) is 12.1 Å². The first-order chi connectivity index (χ1) is 23.6. The minimum absolute atomic E-state index is 0.0357. The number of hydrogen-bond acceptors (Lipinski definition) is 7. The van der Waals surface area contributed by atoms with Gasteiger partial charge in [-0.25, -0.2) is 9.97 Å². The van der Waals surface area contributed by atoms with E-state index in [-0.39, 0.29) is 30.1 Å². The highest BCUT2D eigenvalue weighted by molar-refractivity contribution is 5.76. The van der Waals surface area contributed by atoms with Crippen LogP contribution in [0.3, 0.4) is 0 Å². The zero-order valence-corrected chi connectivity index (χ0v) is 28.7. The van der Waals surface area contributed by atoms with Gasteiger partial charge < -0.3 is 35.1 Å². The summed E-state index contributed by atoms with van der Waals surface area (Å²) in [7, 11) is 1.78. The number of benzene rings is 2. The first kappa shape index (κ1) is 34.4. The Morgan fingerprint density at radius 2 is 1.49 bits per heavy atom. The number of amides is 2. The lowest BCUT2D eigenvalue weighted by Gasteiger charge is -2.29. The number of aromatic nitrogens is 4. The van der Waals surface area contributed by atoms with Gasteiger partial charge in [0.05, 0.1) is 48.8 Å². The van der Waals surface area contributed by atoms with Crippen molar-refractivity contribution in [3.8, 4) is 34.0 Å². The third-order valence-electron chi connectivity index (χ3n) is 9.54. The Kier molecular flexibility index (Phi) is 10.5. The van der Waals surface area contributed by atoms with Crippen LogP contribution in [-0.2, 0) is 27.8 Å². The number of H-pyrrole nitrogens is 2. The van der Waals surface area contributed by atoms with E-state index in [1.165, 1.54) is 11.1 Å². The Bertz CT molecular complexity index is 1770. The Morgan fingerprint density at radius 3 is 2.14 bits per heavy atom. The number of aliphatic hydroxyl groups excluding tert-OH is 2. The van der Waals surface area contributed by atoms with E-state index in [9.17, 15) is 19.8 Å². The van der Waals surface area contributed by atoms with E-state index in [1.807, 2.05) is 12.4 Å². The molecular formula is C38H48N6O5. The number of aryl methyl sites for hydroxylation is 2. The van der Waals surface area contributed by atoms with E-state index in [0.717, 1.165) is 97.0 Å². The van der Waals surface area contributed by atoms with Crippen LogP contribution in [0.25, 0.3) is 22.5 Å². The number of hydrogen-bond donors (Lipinski definition) is 5. The molecule has 5 N–H and O–H groups in total. The molecule has 11 heteroatoms. The van der Waals surface area contributed by atoms with Crippen LogP contribution >= 0.6 is 0 Å². The van der Waals surface area contributed by atoms with Gasteiger partial charge in [-0.3, -0.25) is 9.59 Å². The molecule has 0 bridgehead atoms. The van der Waals surface area contributed by atoms with Gasteiger partial charge in [0.25, 0.3) is 0 Å². The molecule has 3 heterocycles. The second kappa shape index (κ2) is 15.0. The molecule has 49 heavy (non-hydrogen) atoms. The maximum absolute atomic E-state index is 12.1. The molecule has 2 amide bonds. The predicted octanol–water partition coefficient (Wildman–Crippen LogP) is 5.41. The first-order valence-corrected chi connectivity index (χ1v) is 17.5. The average molecular weight is 669 g/mol. The van der Waals surface area contributed by atoms with Gasteiger partial charge in [-0.15, -0.1) is 0 Å². The van der Waals surface area contributed by atoms with E-state index in [4.69, 9.17) is 4.74 Å². The van der Waals surface area contributed by atoms with Crippen LogP contribution in [0.5, 0.6) is 11.5 Å². The molecule has 4 aromatic rings.